The van der Waals surface area contributed by atoms with Gasteiger partial charge in [0, 0.05) is 54.6 Å². The van der Waals surface area contributed by atoms with Crippen molar-refractivity contribution >= 4 is 0 Å². The first-order chi connectivity index (χ1) is 33.9. The van der Waals surface area contributed by atoms with Crippen molar-refractivity contribution in [3.05, 3.63) is 223 Å². The molecule has 0 amide bonds. The zero-order valence-corrected chi connectivity index (χ0v) is 34.8. The summed E-state index contributed by atoms with van der Waals surface area (Å²) in [7, 11) is 0. The number of ether oxygens (including phenoxy) is 1. The van der Waals surface area contributed by atoms with E-state index in [1.54, 1.807) is 30.3 Å². The molecule has 63 heavy (non-hydrogen) atoms. The number of aromatic nitrogens is 1. The lowest BCUT2D eigenvalue weighted by Crippen LogP contribution is -2.25. The van der Waals surface area contributed by atoms with E-state index < -0.39 is 25.0 Å². The number of hydrogen-bond donors (Lipinski definition) is 0. The number of pyridine rings is 1. The number of benzene rings is 8. The van der Waals surface area contributed by atoms with E-state index in [1.165, 1.54) is 0 Å². The summed E-state index contributed by atoms with van der Waals surface area (Å²) < 4.78 is 71.7. The van der Waals surface area contributed by atoms with Crippen LogP contribution >= 0.6 is 0 Å². The number of nitrogens with zero attached hydrogens (tertiary/aromatic N) is 1. The van der Waals surface area contributed by atoms with Crippen molar-refractivity contribution in [3.8, 4) is 89.5 Å². The molecule has 2 aliphatic rings. The summed E-state index contributed by atoms with van der Waals surface area (Å²) in [5.74, 6) is -0.717. The first kappa shape index (κ1) is 31.5. The van der Waals surface area contributed by atoms with Crippen LogP contribution in [0.1, 0.15) is 71.6 Å². The Labute approximate surface area is 381 Å². The summed E-state index contributed by atoms with van der Waals surface area (Å²) in [5.41, 5.74) is 11.2. The van der Waals surface area contributed by atoms with E-state index in [0.29, 0.717) is 29.5 Å². The first-order valence-electron chi connectivity index (χ1n) is 25.3. The third-order valence-corrected chi connectivity index (χ3v) is 12.8. The highest BCUT2D eigenvalue weighted by molar-refractivity contribution is 6.15. The Morgan fingerprint density at radius 1 is 0.460 bits per heavy atom. The maximum Gasteiger partial charge on any atom is 0.139 e. The minimum absolute atomic E-state index is 0.0583. The van der Waals surface area contributed by atoms with Gasteiger partial charge in [0.1, 0.15) is 11.5 Å². The lowest BCUT2D eigenvalue weighted by atomic mass is 9.73. The monoisotopic (exact) mass is 818 g/mol. The molecule has 11 rings (SSSR count). The Morgan fingerprint density at radius 3 is 1.48 bits per heavy atom. The van der Waals surface area contributed by atoms with E-state index in [9.17, 15) is 1.37 Å². The number of rotatable bonds is 8. The minimum Gasteiger partial charge on any atom is -0.456 e. The van der Waals surface area contributed by atoms with Crippen molar-refractivity contribution in [2.75, 3.05) is 0 Å². The third-order valence-electron chi connectivity index (χ3n) is 12.8. The Kier molecular flexibility index (Phi) is 8.11. The van der Waals surface area contributed by atoms with Crippen molar-refractivity contribution in [2.45, 2.75) is 50.7 Å². The van der Waals surface area contributed by atoms with Gasteiger partial charge in [-0.25, -0.2) is 0 Å². The molecule has 1 saturated carbocycles. The van der Waals surface area contributed by atoms with E-state index in [-0.39, 0.29) is 22.6 Å². The second-order valence-corrected chi connectivity index (χ2v) is 16.5. The Morgan fingerprint density at radius 2 is 0.937 bits per heavy atom. The average Bonchev–Trinajstić information content (AvgIpc) is 3.84. The predicted octanol–water partition coefficient (Wildman–Crippen LogP) is 16.8. The van der Waals surface area contributed by atoms with Gasteiger partial charge >= 0.3 is 0 Å². The molecule has 0 bridgehead atoms. The summed E-state index contributed by atoms with van der Waals surface area (Å²) in [6.45, 7) is -6.05. The number of para-hydroxylation sites is 1. The Balaban J connectivity index is 1.32. The van der Waals surface area contributed by atoms with Crippen LogP contribution in [0.3, 0.4) is 0 Å². The molecule has 1 aliphatic heterocycles. The van der Waals surface area contributed by atoms with Crippen LogP contribution in [-0.4, -0.2) is 4.98 Å². The molecule has 0 saturated heterocycles. The molecule has 9 aromatic rings. The lowest BCUT2D eigenvalue weighted by molar-refractivity contribution is 0.418. The highest BCUT2D eigenvalue weighted by atomic mass is 16.5. The summed E-state index contributed by atoms with van der Waals surface area (Å²) in [6, 6.07) is 66.2. The van der Waals surface area contributed by atoms with Crippen molar-refractivity contribution in [2.24, 2.45) is 0 Å². The van der Waals surface area contributed by atoms with Gasteiger partial charge in [-0.1, -0.05) is 202 Å². The molecule has 2 nitrogen and oxygen atoms in total. The van der Waals surface area contributed by atoms with Crippen LogP contribution in [0.4, 0.5) is 0 Å². The van der Waals surface area contributed by atoms with Crippen LogP contribution in [0.25, 0.3) is 78.0 Å². The molecule has 2 heterocycles. The van der Waals surface area contributed by atoms with Gasteiger partial charge in [0.25, 0.3) is 0 Å². The normalized spacial score (nSPS) is 16.7. The topological polar surface area (TPSA) is 22.1 Å². The summed E-state index contributed by atoms with van der Waals surface area (Å²) in [5, 5.41) is 0. The minimum atomic E-state index is -3.02. The quantitative estimate of drug-likeness (QED) is 0.152. The fraction of sp³-hybridized carbons (Fsp3) is 0.131. The van der Waals surface area contributed by atoms with E-state index in [1.807, 2.05) is 60.8 Å². The van der Waals surface area contributed by atoms with Crippen LogP contribution in [0.15, 0.2) is 206 Å². The van der Waals surface area contributed by atoms with Gasteiger partial charge in [0.05, 0.1) is 5.69 Å². The summed E-state index contributed by atoms with van der Waals surface area (Å²) in [4.78, 5) is 5.11. The van der Waals surface area contributed by atoms with Crippen molar-refractivity contribution in [3.63, 3.8) is 0 Å². The molecule has 0 atom stereocenters. The Bertz CT molecular complexity index is 3250. The molecule has 0 N–H and O–H groups in total. The average molecular weight is 819 g/mol. The molecule has 304 valence electrons. The number of hydrogen-bond acceptors (Lipinski definition) is 2. The zero-order valence-electron chi connectivity index (χ0n) is 41.8. The zero-order chi connectivity index (χ0) is 48.3. The second-order valence-electron chi connectivity index (χ2n) is 16.5. The predicted molar refractivity (Wildman–Crippen MR) is 262 cm³/mol. The lowest BCUT2D eigenvalue weighted by Gasteiger charge is -2.36. The van der Waals surface area contributed by atoms with E-state index in [4.69, 9.17) is 17.9 Å². The molecule has 8 aromatic carbocycles. The van der Waals surface area contributed by atoms with E-state index in [0.717, 1.165) is 79.7 Å². The molecule has 1 aliphatic carbocycles. The summed E-state index contributed by atoms with van der Waals surface area (Å²) >= 11 is 0. The van der Waals surface area contributed by atoms with Crippen LogP contribution in [0, 0.1) is 0 Å². The maximum atomic E-state index is 10.1. The SMILES string of the molecule is [2H]C1(c2ccc3c(c2-c2cccc(-c4c(-c5ccccc5)c(-c5ccccc5)c(-c5ccccc5)c(-c5ccccn5)c4-c4ccccc4)c2)Oc2ccccc2C3(C([2H])([2H])[2H])C([2H])([2H])[2H])CCCC1. The van der Waals surface area contributed by atoms with Crippen LogP contribution in [-0.2, 0) is 5.41 Å². The molecular formula is C61H49NO. The van der Waals surface area contributed by atoms with Gasteiger partial charge in [-0.05, 0) is 98.6 Å². The van der Waals surface area contributed by atoms with Crippen molar-refractivity contribution in [1.82, 2.24) is 4.98 Å². The molecule has 1 aromatic heterocycles. The first-order valence-corrected chi connectivity index (χ1v) is 21.8. The number of fused-ring (bicyclic) bond motifs is 2. The highest BCUT2D eigenvalue weighted by Gasteiger charge is 2.38. The molecule has 0 radical (unpaired) electrons. The van der Waals surface area contributed by atoms with Gasteiger partial charge in [0.2, 0.25) is 0 Å². The largest absolute Gasteiger partial charge is 0.456 e. The molecular weight excluding hydrogens is 763 g/mol. The van der Waals surface area contributed by atoms with Gasteiger partial charge in [-0.15, -0.1) is 0 Å². The fourth-order valence-electron chi connectivity index (χ4n) is 9.97. The van der Waals surface area contributed by atoms with Gasteiger partial charge in [-0.3, -0.25) is 4.98 Å². The standard InChI is InChI=1S/C61H49NO/c1-61(2)49-34-17-18-36-52(49)63-60-50(61)38-37-48(41-22-15-16-23-41)53(60)46-32-21-33-47(40-46)58-55(43-26-9-4-10-27-43)54(42-24-7-3-8-25-42)56(44-28-11-5-12-29-44)59(51-35-19-20-39-62-51)57(58)45-30-13-6-14-31-45/h3-14,17-21,24-41H,15-16,22-23H2,1-2H3/i1D3,2D3,41D. The molecule has 2 heteroatoms. The van der Waals surface area contributed by atoms with Crippen LogP contribution in [0.2, 0.25) is 0 Å². The Hall–Kier alpha value is -7.29. The molecule has 0 spiro atoms. The summed E-state index contributed by atoms with van der Waals surface area (Å²) in [6.07, 6.45) is 4.72. The van der Waals surface area contributed by atoms with Crippen LogP contribution < -0.4 is 4.74 Å². The third kappa shape index (κ3) is 6.78. The van der Waals surface area contributed by atoms with E-state index in [2.05, 4.69) is 115 Å². The molecule has 1 fully saturated rings. The van der Waals surface area contributed by atoms with Crippen molar-refractivity contribution < 1.29 is 14.3 Å². The second kappa shape index (κ2) is 16.2. The van der Waals surface area contributed by atoms with Gasteiger partial charge in [-0.2, -0.15) is 0 Å². The highest BCUT2D eigenvalue weighted by Crippen LogP contribution is 2.58. The maximum absolute atomic E-state index is 10.1. The molecule has 0 unspecified atom stereocenters. The van der Waals surface area contributed by atoms with Crippen LogP contribution in [0.5, 0.6) is 11.5 Å². The smallest absolute Gasteiger partial charge is 0.139 e. The van der Waals surface area contributed by atoms with E-state index >= 15 is 0 Å². The van der Waals surface area contributed by atoms with Gasteiger partial charge in [0.15, 0.2) is 0 Å². The van der Waals surface area contributed by atoms with Crippen molar-refractivity contribution in [1.29, 1.82) is 0 Å². The van der Waals surface area contributed by atoms with Gasteiger partial charge < -0.3 is 4.74 Å². The fourth-order valence-corrected chi connectivity index (χ4v) is 9.97.